The molecule has 0 heterocycles. The number of thiocarbonyl (C=S) groups is 1. The van der Waals surface area contributed by atoms with E-state index in [1.54, 1.807) is 6.92 Å². The lowest BCUT2D eigenvalue weighted by atomic mass is 10.3. The first kappa shape index (κ1) is 12.1. The van der Waals surface area contributed by atoms with Crippen LogP contribution in [0.2, 0.25) is 0 Å². The number of rotatable bonds is 3. The third-order valence-corrected chi connectivity index (χ3v) is 1.54. The van der Waals surface area contributed by atoms with Crippen LogP contribution < -0.4 is 21.9 Å². The van der Waals surface area contributed by atoms with E-state index in [0.29, 0.717) is 0 Å². The fraction of sp³-hybridized carbons (Fsp3) is 0.714. The lowest BCUT2D eigenvalue weighted by Gasteiger charge is -2.16. The molecule has 1 unspecified atom stereocenters. The molecule has 1 amide bonds. The number of carbonyl (C=O) groups excluding carboxylic acids is 1. The van der Waals surface area contributed by atoms with Crippen molar-refractivity contribution in [3.8, 4) is 0 Å². The average molecular weight is 204 g/mol. The molecule has 0 aliphatic carbocycles. The highest BCUT2D eigenvalue weighted by atomic mass is 32.1. The normalized spacial score (nSPS) is 12.1. The fourth-order valence-electron chi connectivity index (χ4n) is 0.713. The van der Waals surface area contributed by atoms with Gasteiger partial charge < -0.3 is 16.1 Å². The van der Waals surface area contributed by atoms with E-state index < -0.39 is 0 Å². The number of hydrogen-bond donors (Lipinski definition) is 4. The van der Waals surface area contributed by atoms with E-state index in [1.807, 2.05) is 13.8 Å². The summed E-state index contributed by atoms with van der Waals surface area (Å²) < 4.78 is 0. The highest BCUT2D eigenvalue weighted by Gasteiger charge is 2.13. The maximum absolute atomic E-state index is 11.3. The molecule has 0 spiro atoms. The van der Waals surface area contributed by atoms with E-state index in [-0.39, 0.29) is 23.1 Å². The zero-order valence-corrected chi connectivity index (χ0v) is 8.87. The molecule has 0 aliphatic heterocycles. The molecule has 0 aromatic rings. The zero-order chi connectivity index (χ0) is 10.4. The van der Waals surface area contributed by atoms with Gasteiger partial charge in [-0.15, -0.1) is 0 Å². The van der Waals surface area contributed by atoms with Crippen molar-refractivity contribution < 1.29 is 4.79 Å². The molecule has 6 heteroatoms. The highest BCUT2D eigenvalue weighted by Crippen LogP contribution is 1.84. The predicted molar refractivity (Wildman–Crippen MR) is 55.8 cm³/mol. The summed E-state index contributed by atoms with van der Waals surface area (Å²) in [4.78, 5) is 11.3. The van der Waals surface area contributed by atoms with Gasteiger partial charge in [0.2, 0.25) is 5.91 Å². The summed E-state index contributed by atoms with van der Waals surface area (Å²) in [6, 6.07) is -0.262. The molecular formula is C7H16N4OS. The van der Waals surface area contributed by atoms with Crippen molar-refractivity contribution in [3.63, 3.8) is 0 Å². The fourth-order valence-corrected chi connectivity index (χ4v) is 0.890. The summed E-state index contributed by atoms with van der Waals surface area (Å²) in [5, 5.41) is 5.72. The molecule has 0 aromatic heterocycles. The largest absolute Gasteiger partial charge is 0.352 e. The molecule has 5 nitrogen and oxygen atoms in total. The van der Waals surface area contributed by atoms with Crippen molar-refractivity contribution in [1.29, 1.82) is 0 Å². The molecule has 0 fully saturated rings. The van der Waals surface area contributed by atoms with Crippen LogP contribution in [0.25, 0.3) is 0 Å². The molecule has 0 bridgehead atoms. The Morgan fingerprint density at radius 1 is 1.31 bits per heavy atom. The number of hydrogen-bond acceptors (Lipinski definition) is 3. The molecule has 76 valence electrons. The first-order chi connectivity index (χ1) is 5.97. The summed E-state index contributed by atoms with van der Waals surface area (Å²) in [5.41, 5.74) is 2.24. The zero-order valence-electron chi connectivity index (χ0n) is 8.05. The van der Waals surface area contributed by atoms with Crippen molar-refractivity contribution in [2.75, 3.05) is 0 Å². The molecule has 0 aliphatic rings. The molecule has 0 rings (SSSR count). The molecule has 5 N–H and O–H groups in total. The standard InChI is InChI=1S/C7H16N4OS/c1-4(2)9-6(12)5(3)10-7(13)11-8/h4-5H,8H2,1-3H3,(H,9,12)(H2,10,11,13). The van der Waals surface area contributed by atoms with Gasteiger partial charge in [-0.2, -0.15) is 0 Å². The Morgan fingerprint density at radius 3 is 2.23 bits per heavy atom. The van der Waals surface area contributed by atoms with E-state index >= 15 is 0 Å². The van der Waals surface area contributed by atoms with E-state index in [1.165, 1.54) is 0 Å². The number of nitrogens with one attached hydrogen (secondary N) is 3. The second kappa shape index (κ2) is 5.71. The third-order valence-electron chi connectivity index (χ3n) is 1.30. The van der Waals surface area contributed by atoms with Gasteiger partial charge in [0.15, 0.2) is 5.11 Å². The number of nitrogens with two attached hydrogens (primary N) is 1. The second-order valence-electron chi connectivity index (χ2n) is 3.00. The van der Waals surface area contributed by atoms with Crippen molar-refractivity contribution in [2.24, 2.45) is 5.84 Å². The van der Waals surface area contributed by atoms with E-state index in [0.717, 1.165) is 0 Å². The van der Waals surface area contributed by atoms with Crippen LogP contribution in [0.5, 0.6) is 0 Å². The maximum atomic E-state index is 11.3. The average Bonchev–Trinajstić information content (AvgIpc) is 2.02. The number of carbonyl (C=O) groups is 1. The molecular weight excluding hydrogens is 188 g/mol. The SMILES string of the molecule is CC(C)NC(=O)C(C)NC(=S)NN. The lowest BCUT2D eigenvalue weighted by Crippen LogP contribution is -2.51. The molecule has 0 aromatic carbocycles. The van der Waals surface area contributed by atoms with Crippen molar-refractivity contribution in [1.82, 2.24) is 16.1 Å². The van der Waals surface area contributed by atoms with Crippen LogP contribution in [-0.2, 0) is 4.79 Å². The first-order valence-electron chi connectivity index (χ1n) is 4.04. The minimum atomic E-state index is -0.383. The van der Waals surface area contributed by atoms with Crippen LogP contribution in [0.3, 0.4) is 0 Å². The van der Waals surface area contributed by atoms with Crippen LogP contribution in [0, 0.1) is 0 Å². The minimum Gasteiger partial charge on any atom is -0.352 e. The highest BCUT2D eigenvalue weighted by molar-refractivity contribution is 7.80. The van der Waals surface area contributed by atoms with E-state index in [2.05, 4.69) is 16.1 Å². The lowest BCUT2D eigenvalue weighted by molar-refractivity contribution is -0.122. The third kappa shape index (κ3) is 5.37. The molecule has 1 atom stereocenters. The van der Waals surface area contributed by atoms with Crippen LogP contribution in [0.4, 0.5) is 0 Å². The second-order valence-corrected chi connectivity index (χ2v) is 3.41. The summed E-state index contributed by atoms with van der Waals surface area (Å²) in [6.45, 7) is 5.50. The predicted octanol–water partition coefficient (Wildman–Crippen LogP) is -0.763. The summed E-state index contributed by atoms with van der Waals surface area (Å²) in [7, 11) is 0. The molecule has 0 saturated carbocycles. The van der Waals surface area contributed by atoms with Crippen LogP contribution in [-0.4, -0.2) is 23.1 Å². The maximum Gasteiger partial charge on any atom is 0.242 e. The van der Waals surface area contributed by atoms with Crippen LogP contribution in [0.1, 0.15) is 20.8 Å². The van der Waals surface area contributed by atoms with Crippen molar-refractivity contribution in [3.05, 3.63) is 0 Å². The Kier molecular flexibility index (Phi) is 5.33. The Hall–Kier alpha value is -0.880. The van der Waals surface area contributed by atoms with Gasteiger partial charge in [-0.3, -0.25) is 4.79 Å². The number of amides is 1. The smallest absolute Gasteiger partial charge is 0.242 e. The Morgan fingerprint density at radius 2 is 1.85 bits per heavy atom. The Balaban J connectivity index is 3.89. The van der Waals surface area contributed by atoms with Gasteiger partial charge in [0.05, 0.1) is 0 Å². The van der Waals surface area contributed by atoms with Crippen molar-refractivity contribution >= 4 is 23.2 Å². The van der Waals surface area contributed by atoms with Gasteiger partial charge in [0.1, 0.15) is 6.04 Å². The molecule has 0 saturated heterocycles. The van der Waals surface area contributed by atoms with E-state index in [9.17, 15) is 4.79 Å². The van der Waals surface area contributed by atoms with Crippen LogP contribution >= 0.6 is 12.2 Å². The van der Waals surface area contributed by atoms with Gasteiger partial charge >= 0.3 is 0 Å². The molecule has 13 heavy (non-hydrogen) atoms. The Bertz CT molecular complexity index is 195. The summed E-state index contributed by atoms with van der Waals surface area (Å²) in [6.07, 6.45) is 0. The summed E-state index contributed by atoms with van der Waals surface area (Å²) >= 11 is 4.74. The Labute approximate surface area is 83.4 Å². The quantitative estimate of drug-likeness (QED) is 0.276. The van der Waals surface area contributed by atoms with Gasteiger partial charge in [-0.1, -0.05) is 0 Å². The van der Waals surface area contributed by atoms with Gasteiger partial charge in [-0.25, -0.2) is 5.84 Å². The summed E-state index contributed by atoms with van der Waals surface area (Å²) in [5.74, 6) is 4.93. The topological polar surface area (TPSA) is 79.2 Å². The monoisotopic (exact) mass is 204 g/mol. The van der Waals surface area contributed by atoms with Gasteiger partial charge in [-0.05, 0) is 33.0 Å². The first-order valence-corrected chi connectivity index (χ1v) is 4.45. The minimum absolute atomic E-state index is 0.104. The number of hydrazine groups is 1. The van der Waals surface area contributed by atoms with E-state index in [4.69, 9.17) is 18.1 Å². The van der Waals surface area contributed by atoms with Crippen LogP contribution in [0.15, 0.2) is 0 Å². The van der Waals surface area contributed by atoms with Gasteiger partial charge in [0.25, 0.3) is 0 Å². The van der Waals surface area contributed by atoms with Crippen molar-refractivity contribution in [2.45, 2.75) is 32.9 Å². The molecule has 0 radical (unpaired) electrons. The van der Waals surface area contributed by atoms with Gasteiger partial charge in [0, 0.05) is 6.04 Å².